The number of rotatable bonds is 4. The molecule has 0 aromatic heterocycles. The van der Waals surface area contributed by atoms with Gasteiger partial charge in [-0.1, -0.05) is 23.7 Å². The van der Waals surface area contributed by atoms with E-state index in [1.54, 1.807) is 24.3 Å². The van der Waals surface area contributed by atoms with E-state index in [0.29, 0.717) is 16.1 Å². The standard InChI is InChI=1S/C16H10ClNO3/c17-12-5-6-13(16(20)21)14(8-12)15(19)7-10-1-3-11(9-18)4-2-10/h1-6,8H,7H2,(H,20,21). The van der Waals surface area contributed by atoms with Crippen molar-refractivity contribution in [2.45, 2.75) is 6.42 Å². The fraction of sp³-hybridized carbons (Fsp3) is 0.0625. The van der Waals surface area contributed by atoms with Gasteiger partial charge in [0.1, 0.15) is 0 Å². The van der Waals surface area contributed by atoms with Crippen molar-refractivity contribution >= 4 is 23.4 Å². The van der Waals surface area contributed by atoms with Crippen molar-refractivity contribution < 1.29 is 14.7 Å². The van der Waals surface area contributed by atoms with Crippen LogP contribution in [0.3, 0.4) is 0 Å². The molecule has 0 aliphatic heterocycles. The molecule has 0 atom stereocenters. The zero-order chi connectivity index (χ0) is 15.4. The first kappa shape index (κ1) is 14.8. The minimum atomic E-state index is -1.17. The van der Waals surface area contributed by atoms with Crippen LogP contribution in [0.15, 0.2) is 42.5 Å². The molecular weight excluding hydrogens is 290 g/mol. The predicted molar refractivity (Wildman–Crippen MR) is 77.6 cm³/mol. The second-order valence-electron chi connectivity index (χ2n) is 4.40. The van der Waals surface area contributed by atoms with E-state index in [1.807, 2.05) is 6.07 Å². The lowest BCUT2D eigenvalue weighted by Crippen LogP contribution is -2.11. The summed E-state index contributed by atoms with van der Waals surface area (Å²) in [5.74, 6) is -1.51. The molecule has 0 radical (unpaired) electrons. The normalized spacial score (nSPS) is 9.90. The van der Waals surface area contributed by atoms with Gasteiger partial charge in [-0.3, -0.25) is 4.79 Å². The molecule has 5 heteroatoms. The number of halogens is 1. The summed E-state index contributed by atoms with van der Waals surface area (Å²) in [5, 5.41) is 18.1. The van der Waals surface area contributed by atoms with Crippen molar-refractivity contribution in [1.82, 2.24) is 0 Å². The molecule has 0 amide bonds. The Morgan fingerprint density at radius 3 is 2.33 bits per heavy atom. The van der Waals surface area contributed by atoms with Gasteiger partial charge in [-0.05, 0) is 35.9 Å². The highest BCUT2D eigenvalue weighted by Crippen LogP contribution is 2.19. The van der Waals surface area contributed by atoms with Crippen molar-refractivity contribution in [2.75, 3.05) is 0 Å². The van der Waals surface area contributed by atoms with Crippen molar-refractivity contribution in [2.24, 2.45) is 0 Å². The van der Waals surface area contributed by atoms with E-state index in [1.165, 1.54) is 18.2 Å². The number of carbonyl (C=O) groups excluding carboxylic acids is 1. The van der Waals surface area contributed by atoms with Crippen LogP contribution >= 0.6 is 11.6 Å². The molecular formula is C16H10ClNO3. The SMILES string of the molecule is N#Cc1ccc(CC(=O)c2cc(Cl)ccc2C(=O)O)cc1. The number of carbonyl (C=O) groups is 2. The topological polar surface area (TPSA) is 78.2 Å². The Morgan fingerprint density at radius 1 is 1.10 bits per heavy atom. The van der Waals surface area contributed by atoms with E-state index in [2.05, 4.69) is 0 Å². The first-order valence-corrected chi connectivity index (χ1v) is 6.44. The van der Waals surface area contributed by atoms with Crippen LogP contribution in [-0.2, 0) is 6.42 Å². The number of aromatic carboxylic acids is 1. The molecule has 0 bridgehead atoms. The number of nitriles is 1. The molecule has 0 saturated carbocycles. The molecule has 2 rings (SSSR count). The zero-order valence-electron chi connectivity index (χ0n) is 10.8. The van der Waals surface area contributed by atoms with Crippen molar-refractivity contribution in [3.05, 3.63) is 69.7 Å². The van der Waals surface area contributed by atoms with Gasteiger partial charge in [0.15, 0.2) is 5.78 Å². The third kappa shape index (κ3) is 3.47. The Labute approximate surface area is 126 Å². The molecule has 104 valence electrons. The predicted octanol–water partition coefficient (Wildman–Crippen LogP) is 3.34. The average molecular weight is 300 g/mol. The largest absolute Gasteiger partial charge is 0.478 e. The van der Waals surface area contributed by atoms with Crippen LogP contribution in [0.5, 0.6) is 0 Å². The maximum atomic E-state index is 12.3. The van der Waals surface area contributed by atoms with E-state index in [9.17, 15) is 9.59 Å². The van der Waals surface area contributed by atoms with Gasteiger partial charge in [-0.2, -0.15) is 5.26 Å². The van der Waals surface area contributed by atoms with Crippen molar-refractivity contribution in [3.63, 3.8) is 0 Å². The fourth-order valence-electron chi connectivity index (χ4n) is 1.91. The molecule has 0 aliphatic rings. The molecule has 4 nitrogen and oxygen atoms in total. The zero-order valence-corrected chi connectivity index (χ0v) is 11.6. The summed E-state index contributed by atoms with van der Waals surface area (Å²) in [6, 6.07) is 12.7. The van der Waals surface area contributed by atoms with Gasteiger partial charge in [0.25, 0.3) is 0 Å². The Morgan fingerprint density at radius 2 is 1.76 bits per heavy atom. The van der Waals surface area contributed by atoms with Gasteiger partial charge >= 0.3 is 5.97 Å². The number of hydrogen-bond donors (Lipinski definition) is 1. The minimum absolute atomic E-state index is 0.0479. The van der Waals surface area contributed by atoms with Crippen molar-refractivity contribution in [3.8, 4) is 6.07 Å². The van der Waals surface area contributed by atoms with Crippen LogP contribution in [0.2, 0.25) is 5.02 Å². The lowest BCUT2D eigenvalue weighted by Gasteiger charge is -2.06. The minimum Gasteiger partial charge on any atom is -0.478 e. The maximum absolute atomic E-state index is 12.3. The van der Waals surface area contributed by atoms with Crippen LogP contribution in [0.1, 0.15) is 31.8 Å². The van der Waals surface area contributed by atoms with E-state index in [0.717, 1.165) is 0 Å². The number of nitrogens with zero attached hydrogens (tertiary/aromatic N) is 1. The first-order valence-electron chi connectivity index (χ1n) is 6.06. The molecule has 0 aliphatic carbocycles. The van der Waals surface area contributed by atoms with E-state index in [4.69, 9.17) is 22.0 Å². The van der Waals surface area contributed by atoms with Gasteiger partial charge in [-0.25, -0.2) is 4.79 Å². The molecule has 0 fully saturated rings. The van der Waals surface area contributed by atoms with Gasteiger partial charge < -0.3 is 5.11 Å². The number of Topliss-reactive ketones (excluding diaryl/α,β-unsaturated/α-hetero) is 1. The molecule has 0 saturated heterocycles. The highest BCUT2D eigenvalue weighted by atomic mass is 35.5. The molecule has 0 unspecified atom stereocenters. The van der Waals surface area contributed by atoms with Gasteiger partial charge in [0, 0.05) is 17.0 Å². The lowest BCUT2D eigenvalue weighted by molar-refractivity contribution is 0.0692. The van der Waals surface area contributed by atoms with E-state index >= 15 is 0 Å². The highest BCUT2D eigenvalue weighted by molar-refractivity contribution is 6.31. The first-order chi connectivity index (χ1) is 10.0. The highest BCUT2D eigenvalue weighted by Gasteiger charge is 2.17. The number of carboxylic acids is 1. The Balaban J connectivity index is 2.29. The molecule has 0 spiro atoms. The van der Waals surface area contributed by atoms with Crippen LogP contribution in [0.25, 0.3) is 0 Å². The number of benzene rings is 2. The average Bonchev–Trinajstić information content (AvgIpc) is 2.47. The second-order valence-corrected chi connectivity index (χ2v) is 4.84. The summed E-state index contributed by atoms with van der Waals surface area (Å²) in [6.45, 7) is 0. The summed E-state index contributed by atoms with van der Waals surface area (Å²) in [7, 11) is 0. The van der Waals surface area contributed by atoms with Crippen LogP contribution in [0, 0.1) is 11.3 Å². The molecule has 0 heterocycles. The summed E-state index contributed by atoms with van der Waals surface area (Å²) in [6.07, 6.45) is 0.0479. The Kier molecular flexibility index (Phi) is 4.36. The lowest BCUT2D eigenvalue weighted by atomic mass is 9.98. The van der Waals surface area contributed by atoms with Gasteiger partial charge in [0.2, 0.25) is 0 Å². The molecule has 21 heavy (non-hydrogen) atoms. The van der Waals surface area contributed by atoms with Gasteiger partial charge in [0.05, 0.1) is 17.2 Å². The Hall–Kier alpha value is -2.64. The summed E-state index contributed by atoms with van der Waals surface area (Å²) < 4.78 is 0. The maximum Gasteiger partial charge on any atom is 0.336 e. The van der Waals surface area contributed by atoms with Gasteiger partial charge in [-0.15, -0.1) is 0 Å². The smallest absolute Gasteiger partial charge is 0.336 e. The third-order valence-electron chi connectivity index (χ3n) is 2.96. The molecule has 1 N–H and O–H groups in total. The van der Waals surface area contributed by atoms with Crippen molar-refractivity contribution in [1.29, 1.82) is 5.26 Å². The van der Waals surface area contributed by atoms with E-state index in [-0.39, 0.29) is 23.3 Å². The summed E-state index contributed by atoms with van der Waals surface area (Å²) in [4.78, 5) is 23.4. The summed E-state index contributed by atoms with van der Waals surface area (Å²) in [5.41, 5.74) is 1.22. The third-order valence-corrected chi connectivity index (χ3v) is 3.20. The second kappa shape index (κ2) is 6.21. The molecule has 2 aromatic rings. The van der Waals surface area contributed by atoms with Crippen LogP contribution < -0.4 is 0 Å². The summed E-state index contributed by atoms with van der Waals surface area (Å²) >= 11 is 5.83. The molecule has 2 aromatic carbocycles. The number of carboxylic acid groups (broad SMARTS) is 1. The van der Waals surface area contributed by atoms with Crippen LogP contribution in [0.4, 0.5) is 0 Å². The van der Waals surface area contributed by atoms with Crippen LogP contribution in [-0.4, -0.2) is 16.9 Å². The Bertz CT molecular complexity index is 745. The number of ketones is 1. The van der Waals surface area contributed by atoms with E-state index < -0.39 is 5.97 Å². The monoisotopic (exact) mass is 299 g/mol. The quantitative estimate of drug-likeness (QED) is 0.878. The fourth-order valence-corrected chi connectivity index (χ4v) is 2.08. The number of hydrogen-bond acceptors (Lipinski definition) is 3.